The van der Waals surface area contributed by atoms with Gasteiger partial charge < -0.3 is 10.4 Å². The zero-order valence-corrected chi connectivity index (χ0v) is 11.2. The lowest BCUT2D eigenvalue weighted by Gasteiger charge is -2.21. The molecule has 100 valence electrons. The summed E-state index contributed by atoms with van der Waals surface area (Å²) in [5, 5.41) is 12.5. The second-order valence-corrected chi connectivity index (χ2v) is 5.33. The number of aliphatic carboxylic acids is 1. The Morgan fingerprint density at radius 3 is 2.65 bits per heavy atom. The van der Waals surface area contributed by atoms with Crippen molar-refractivity contribution in [2.75, 3.05) is 0 Å². The van der Waals surface area contributed by atoms with Gasteiger partial charge in [0.05, 0.1) is 0 Å². The average Bonchev–Trinajstić information content (AvgIpc) is 2.53. The van der Waals surface area contributed by atoms with Gasteiger partial charge in [-0.25, -0.2) is 0 Å². The van der Waals surface area contributed by atoms with Gasteiger partial charge in [0.25, 0.3) is 0 Å². The molecular formula is C14H27NO2. The van der Waals surface area contributed by atoms with Crippen molar-refractivity contribution in [1.29, 1.82) is 0 Å². The summed E-state index contributed by atoms with van der Waals surface area (Å²) < 4.78 is 0. The summed E-state index contributed by atoms with van der Waals surface area (Å²) in [6.07, 6.45) is 9.04. The summed E-state index contributed by atoms with van der Waals surface area (Å²) in [7, 11) is 0. The van der Waals surface area contributed by atoms with Gasteiger partial charge in [0.15, 0.2) is 0 Å². The van der Waals surface area contributed by atoms with E-state index in [-0.39, 0.29) is 6.04 Å². The molecule has 0 aromatic rings. The van der Waals surface area contributed by atoms with Crippen LogP contribution in [0.1, 0.15) is 65.2 Å². The molecule has 0 bridgehead atoms. The highest BCUT2D eigenvalue weighted by Gasteiger charge is 2.23. The summed E-state index contributed by atoms with van der Waals surface area (Å²) in [5.41, 5.74) is 0. The molecule has 0 heterocycles. The van der Waals surface area contributed by atoms with Gasteiger partial charge >= 0.3 is 5.97 Å². The maximum atomic E-state index is 11.1. The van der Waals surface area contributed by atoms with Gasteiger partial charge in [-0.3, -0.25) is 4.79 Å². The van der Waals surface area contributed by atoms with Crippen LogP contribution in [0.25, 0.3) is 0 Å². The van der Waals surface area contributed by atoms with Gasteiger partial charge in [-0.05, 0) is 31.6 Å². The van der Waals surface area contributed by atoms with Crippen LogP contribution < -0.4 is 5.32 Å². The number of carboxylic acid groups (broad SMARTS) is 1. The fourth-order valence-electron chi connectivity index (χ4n) is 2.80. The van der Waals surface area contributed by atoms with Gasteiger partial charge in [0.1, 0.15) is 6.04 Å². The van der Waals surface area contributed by atoms with Crippen LogP contribution in [-0.2, 0) is 4.79 Å². The van der Waals surface area contributed by atoms with E-state index in [4.69, 9.17) is 5.11 Å². The lowest BCUT2D eigenvalue weighted by molar-refractivity contribution is -0.139. The first-order chi connectivity index (χ1) is 8.17. The van der Waals surface area contributed by atoms with Crippen molar-refractivity contribution in [1.82, 2.24) is 5.32 Å². The quantitative estimate of drug-likeness (QED) is 0.702. The molecular weight excluding hydrogens is 214 g/mol. The number of hydrogen-bond donors (Lipinski definition) is 2. The molecule has 0 aliphatic heterocycles. The van der Waals surface area contributed by atoms with Gasteiger partial charge in [-0.2, -0.15) is 0 Å². The standard InChI is InChI=1S/C14H27NO2/c1-3-6-13(14(16)17)15-12-8-5-7-11(4-2)9-10-12/h11-13,15H,3-10H2,1-2H3,(H,16,17). The molecule has 1 saturated carbocycles. The van der Waals surface area contributed by atoms with Crippen molar-refractivity contribution in [3.63, 3.8) is 0 Å². The summed E-state index contributed by atoms with van der Waals surface area (Å²) in [6.45, 7) is 4.30. The molecule has 1 rings (SSSR count). The van der Waals surface area contributed by atoms with Crippen molar-refractivity contribution in [2.45, 2.75) is 77.3 Å². The minimum Gasteiger partial charge on any atom is -0.480 e. The third kappa shape index (κ3) is 5.07. The highest BCUT2D eigenvalue weighted by molar-refractivity contribution is 5.73. The second-order valence-electron chi connectivity index (χ2n) is 5.33. The smallest absolute Gasteiger partial charge is 0.320 e. The summed E-state index contributed by atoms with van der Waals surface area (Å²) in [5.74, 6) is 0.166. The van der Waals surface area contributed by atoms with Gasteiger partial charge in [-0.15, -0.1) is 0 Å². The number of carboxylic acids is 1. The Morgan fingerprint density at radius 2 is 2.06 bits per heavy atom. The Kier molecular flexibility index (Phi) is 6.56. The normalized spacial score (nSPS) is 27.4. The first kappa shape index (κ1) is 14.5. The van der Waals surface area contributed by atoms with E-state index in [1.807, 2.05) is 6.92 Å². The number of carbonyl (C=O) groups is 1. The molecule has 0 aromatic carbocycles. The van der Waals surface area contributed by atoms with Crippen molar-refractivity contribution in [3.05, 3.63) is 0 Å². The zero-order valence-electron chi connectivity index (χ0n) is 11.2. The highest BCUT2D eigenvalue weighted by Crippen LogP contribution is 2.25. The van der Waals surface area contributed by atoms with Crippen molar-refractivity contribution in [3.8, 4) is 0 Å². The number of rotatable bonds is 6. The topological polar surface area (TPSA) is 49.3 Å². The summed E-state index contributed by atoms with van der Waals surface area (Å²) in [6, 6.07) is 0.0716. The number of nitrogens with one attached hydrogen (secondary N) is 1. The summed E-state index contributed by atoms with van der Waals surface area (Å²) in [4.78, 5) is 11.1. The molecule has 0 aromatic heterocycles. The van der Waals surface area contributed by atoms with Gasteiger partial charge in [-0.1, -0.05) is 39.5 Å². The van der Waals surface area contributed by atoms with Crippen LogP contribution in [0, 0.1) is 5.92 Å². The maximum Gasteiger partial charge on any atom is 0.320 e. The molecule has 3 unspecified atom stereocenters. The van der Waals surface area contributed by atoms with E-state index in [0.29, 0.717) is 6.04 Å². The SMILES string of the molecule is CCCC(NC1CCCC(CC)CC1)C(=O)O. The van der Waals surface area contributed by atoms with E-state index in [1.54, 1.807) is 0 Å². The van der Waals surface area contributed by atoms with E-state index < -0.39 is 5.97 Å². The van der Waals surface area contributed by atoms with Crippen LogP contribution in [0.5, 0.6) is 0 Å². The molecule has 3 nitrogen and oxygen atoms in total. The fourth-order valence-corrected chi connectivity index (χ4v) is 2.80. The van der Waals surface area contributed by atoms with Crippen LogP contribution in [0.2, 0.25) is 0 Å². The molecule has 0 spiro atoms. The van der Waals surface area contributed by atoms with Gasteiger partial charge in [0.2, 0.25) is 0 Å². The first-order valence-corrected chi connectivity index (χ1v) is 7.16. The fraction of sp³-hybridized carbons (Fsp3) is 0.929. The number of hydrogen-bond acceptors (Lipinski definition) is 2. The van der Waals surface area contributed by atoms with Crippen LogP contribution in [0.3, 0.4) is 0 Å². The Morgan fingerprint density at radius 1 is 1.29 bits per heavy atom. The second kappa shape index (κ2) is 7.70. The predicted octanol–water partition coefficient (Wildman–Crippen LogP) is 3.19. The highest BCUT2D eigenvalue weighted by atomic mass is 16.4. The van der Waals surface area contributed by atoms with Crippen LogP contribution in [0.15, 0.2) is 0 Å². The van der Waals surface area contributed by atoms with E-state index in [2.05, 4.69) is 12.2 Å². The maximum absolute atomic E-state index is 11.1. The van der Waals surface area contributed by atoms with Crippen LogP contribution in [-0.4, -0.2) is 23.2 Å². The molecule has 17 heavy (non-hydrogen) atoms. The molecule has 0 saturated heterocycles. The Bertz CT molecular complexity index is 230. The van der Waals surface area contributed by atoms with Crippen molar-refractivity contribution >= 4 is 5.97 Å². The van der Waals surface area contributed by atoms with E-state index in [1.165, 1.54) is 25.7 Å². The van der Waals surface area contributed by atoms with Crippen molar-refractivity contribution < 1.29 is 9.90 Å². The predicted molar refractivity (Wildman–Crippen MR) is 70.1 cm³/mol. The lowest BCUT2D eigenvalue weighted by atomic mass is 9.97. The molecule has 1 fully saturated rings. The molecule has 1 aliphatic carbocycles. The Labute approximate surface area is 105 Å². The third-order valence-corrected chi connectivity index (χ3v) is 3.98. The molecule has 3 atom stereocenters. The first-order valence-electron chi connectivity index (χ1n) is 7.16. The van der Waals surface area contributed by atoms with E-state index in [0.717, 1.165) is 31.6 Å². The molecule has 0 radical (unpaired) electrons. The third-order valence-electron chi connectivity index (χ3n) is 3.98. The Hall–Kier alpha value is -0.570. The minimum atomic E-state index is -0.692. The molecule has 2 N–H and O–H groups in total. The zero-order chi connectivity index (χ0) is 12.7. The average molecular weight is 241 g/mol. The molecule has 1 aliphatic rings. The van der Waals surface area contributed by atoms with Crippen LogP contribution >= 0.6 is 0 Å². The Balaban J connectivity index is 2.41. The molecule has 3 heteroatoms. The van der Waals surface area contributed by atoms with E-state index in [9.17, 15) is 4.79 Å². The molecule has 0 amide bonds. The van der Waals surface area contributed by atoms with Crippen molar-refractivity contribution in [2.24, 2.45) is 5.92 Å². The monoisotopic (exact) mass is 241 g/mol. The van der Waals surface area contributed by atoms with Crippen LogP contribution in [0.4, 0.5) is 0 Å². The van der Waals surface area contributed by atoms with E-state index >= 15 is 0 Å². The van der Waals surface area contributed by atoms with Gasteiger partial charge in [0, 0.05) is 6.04 Å². The summed E-state index contributed by atoms with van der Waals surface area (Å²) >= 11 is 0. The largest absolute Gasteiger partial charge is 0.480 e. The lowest BCUT2D eigenvalue weighted by Crippen LogP contribution is -2.43. The minimum absolute atomic E-state index is 0.344.